The molecule has 0 saturated heterocycles. The van der Waals surface area contributed by atoms with E-state index in [1.807, 2.05) is 6.92 Å². The molecule has 3 fully saturated rings. The molecule has 142 valence electrons. The van der Waals surface area contributed by atoms with E-state index >= 15 is 0 Å². The molecule has 4 rings (SSSR count). The van der Waals surface area contributed by atoms with Gasteiger partial charge in [0.1, 0.15) is 5.78 Å². The first-order valence-corrected chi connectivity index (χ1v) is 9.34. The van der Waals surface area contributed by atoms with E-state index in [4.69, 9.17) is 5.73 Å². The zero-order valence-electron chi connectivity index (χ0n) is 15.0. The lowest BCUT2D eigenvalue weighted by Gasteiger charge is -2.57. The quantitative estimate of drug-likeness (QED) is 0.705. The van der Waals surface area contributed by atoms with Gasteiger partial charge in [-0.05, 0) is 55.1 Å². The molecule has 0 amide bonds. The first-order valence-electron chi connectivity index (χ1n) is 9.34. The maximum absolute atomic E-state index is 14.0. The average Bonchev–Trinajstić information content (AvgIpc) is 2.85. The number of ketones is 2. The van der Waals surface area contributed by atoms with Gasteiger partial charge in [0, 0.05) is 17.3 Å². The maximum Gasteiger partial charge on any atom is 0.395 e. The van der Waals surface area contributed by atoms with Gasteiger partial charge in [-0.15, -0.1) is 0 Å². The second kappa shape index (κ2) is 5.23. The monoisotopic (exact) mass is 367 g/mol. The van der Waals surface area contributed by atoms with Crippen LogP contribution in [0.3, 0.4) is 0 Å². The molecule has 0 bridgehead atoms. The SMILES string of the molecule is C[C@]12C=CC(=O)C(N)=C1[C@@H](C(F)(F)F)C[C@@H]1[C@@H]2CC[C@]2(C)C(=O)CC[C@@H]12. The van der Waals surface area contributed by atoms with Gasteiger partial charge in [-0.1, -0.05) is 19.9 Å². The van der Waals surface area contributed by atoms with E-state index < -0.39 is 28.7 Å². The molecular formula is C20H24F3NO2. The number of Topliss-reactive ketones (excluding diaryl/α,β-unsaturated/α-hetero) is 1. The van der Waals surface area contributed by atoms with Gasteiger partial charge in [-0.2, -0.15) is 13.2 Å². The zero-order valence-corrected chi connectivity index (χ0v) is 15.0. The number of hydrogen-bond acceptors (Lipinski definition) is 3. The number of hydrogen-bond donors (Lipinski definition) is 1. The highest BCUT2D eigenvalue weighted by Gasteiger charge is 2.64. The van der Waals surface area contributed by atoms with Crippen molar-refractivity contribution in [3.05, 3.63) is 23.4 Å². The molecule has 26 heavy (non-hydrogen) atoms. The van der Waals surface area contributed by atoms with Gasteiger partial charge in [-0.3, -0.25) is 9.59 Å². The highest BCUT2D eigenvalue weighted by molar-refractivity contribution is 6.05. The molecule has 0 aliphatic heterocycles. The van der Waals surface area contributed by atoms with Crippen molar-refractivity contribution in [3.63, 3.8) is 0 Å². The summed E-state index contributed by atoms with van der Waals surface area (Å²) in [7, 11) is 0. The van der Waals surface area contributed by atoms with Crippen LogP contribution in [-0.2, 0) is 9.59 Å². The molecule has 0 heterocycles. The fraction of sp³-hybridized carbons (Fsp3) is 0.700. The minimum Gasteiger partial charge on any atom is -0.396 e. The molecule has 3 nitrogen and oxygen atoms in total. The highest BCUT2D eigenvalue weighted by Crippen LogP contribution is 2.66. The summed E-state index contributed by atoms with van der Waals surface area (Å²) in [6.07, 6.45) is 1.02. The minimum absolute atomic E-state index is 0.00997. The van der Waals surface area contributed by atoms with Gasteiger partial charge in [-0.25, -0.2) is 0 Å². The van der Waals surface area contributed by atoms with Crippen molar-refractivity contribution in [2.45, 2.75) is 52.1 Å². The molecule has 4 aliphatic carbocycles. The summed E-state index contributed by atoms with van der Waals surface area (Å²) < 4.78 is 41.9. The standard InChI is InChI=1S/C20H24F3NO2/c1-18-7-5-12-10(11(18)3-4-15(18)26)9-13(20(21,22)23)16-17(24)14(25)6-8-19(12,16)2/h6,8,10-13H,3-5,7,9,24H2,1-2H3/t10-,11-,12-,13-,18-,19+/m0/s1. The van der Waals surface area contributed by atoms with Gasteiger partial charge in [0.2, 0.25) is 5.78 Å². The molecule has 0 aromatic rings. The van der Waals surface area contributed by atoms with Gasteiger partial charge in [0.05, 0.1) is 11.6 Å². The van der Waals surface area contributed by atoms with Crippen molar-refractivity contribution >= 4 is 11.6 Å². The normalized spacial score (nSPS) is 45.4. The van der Waals surface area contributed by atoms with Crippen LogP contribution >= 0.6 is 0 Å². The molecule has 4 aliphatic rings. The summed E-state index contributed by atoms with van der Waals surface area (Å²) in [5.41, 5.74) is 4.38. The molecule has 0 radical (unpaired) electrons. The Morgan fingerprint density at radius 3 is 2.50 bits per heavy atom. The molecule has 6 heteroatoms. The van der Waals surface area contributed by atoms with Crippen molar-refractivity contribution in [1.29, 1.82) is 0 Å². The van der Waals surface area contributed by atoms with Crippen LogP contribution in [0.25, 0.3) is 0 Å². The van der Waals surface area contributed by atoms with Crippen LogP contribution in [0.5, 0.6) is 0 Å². The fourth-order valence-electron chi connectivity index (χ4n) is 6.56. The first-order chi connectivity index (χ1) is 12.0. The summed E-state index contributed by atoms with van der Waals surface area (Å²) in [5.74, 6) is -2.23. The Bertz CT molecular complexity index is 753. The van der Waals surface area contributed by atoms with Gasteiger partial charge >= 0.3 is 6.18 Å². The molecule has 2 N–H and O–H groups in total. The van der Waals surface area contributed by atoms with Crippen LogP contribution in [0.2, 0.25) is 0 Å². The Labute approximate surface area is 150 Å². The van der Waals surface area contributed by atoms with Gasteiger partial charge in [0.25, 0.3) is 0 Å². The lowest BCUT2D eigenvalue weighted by atomic mass is 9.46. The Hall–Kier alpha value is -1.59. The Morgan fingerprint density at radius 1 is 1.15 bits per heavy atom. The number of carbonyl (C=O) groups is 2. The Morgan fingerprint density at radius 2 is 1.85 bits per heavy atom. The van der Waals surface area contributed by atoms with Crippen molar-refractivity contribution < 1.29 is 22.8 Å². The lowest BCUT2D eigenvalue weighted by molar-refractivity contribution is -0.189. The van der Waals surface area contributed by atoms with Gasteiger partial charge < -0.3 is 5.73 Å². The third-order valence-corrected chi connectivity index (χ3v) is 7.88. The summed E-state index contributed by atoms with van der Waals surface area (Å²) in [6, 6.07) is 0. The number of halogens is 3. The number of fused-ring (bicyclic) bond motifs is 5. The van der Waals surface area contributed by atoms with E-state index in [1.54, 1.807) is 13.0 Å². The lowest BCUT2D eigenvalue weighted by Crippen LogP contribution is -2.54. The number of rotatable bonds is 0. The van der Waals surface area contributed by atoms with Crippen LogP contribution in [-0.4, -0.2) is 17.7 Å². The number of carbonyl (C=O) groups excluding carboxylic acids is 2. The summed E-state index contributed by atoms with van der Waals surface area (Å²) in [5, 5.41) is 0. The van der Waals surface area contributed by atoms with Crippen LogP contribution in [0.4, 0.5) is 13.2 Å². The van der Waals surface area contributed by atoms with Crippen molar-refractivity contribution in [3.8, 4) is 0 Å². The van der Waals surface area contributed by atoms with E-state index in [2.05, 4.69) is 0 Å². The molecule has 3 saturated carbocycles. The van der Waals surface area contributed by atoms with E-state index in [0.717, 1.165) is 0 Å². The predicted molar refractivity (Wildman–Crippen MR) is 89.7 cm³/mol. The summed E-state index contributed by atoms with van der Waals surface area (Å²) >= 11 is 0. The van der Waals surface area contributed by atoms with E-state index in [0.29, 0.717) is 25.7 Å². The summed E-state index contributed by atoms with van der Waals surface area (Å²) in [4.78, 5) is 24.4. The molecule has 0 unspecified atom stereocenters. The maximum atomic E-state index is 14.0. The van der Waals surface area contributed by atoms with E-state index in [1.165, 1.54) is 6.08 Å². The topological polar surface area (TPSA) is 60.2 Å². The molecular weight excluding hydrogens is 343 g/mol. The number of alkyl halides is 3. The van der Waals surface area contributed by atoms with E-state index in [-0.39, 0.29) is 41.2 Å². The number of allylic oxidation sites excluding steroid dienone is 3. The van der Waals surface area contributed by atoms with Crippen LogP contribution in [0, 0.1) is 34.5 Å². The van der Waals surface area contributed by atoms with Gasteiger partial charge in [0.15, 0.2) is 0 Å². The summed E-state index contributed by atoms with van der Waals surface area (Å²) in [6.45, 7) is 3.74. The second-order valence-corrected chi connectivity index (χ2v) is 8.93. The van der Waals surface area contributed by atoms with Crippen LogP contribution in [0.1, 0.15) is 46.0 Å². The highest BCUT2D eigenvalue weighted by atomic mass is 19.4. The predicted octanol–water partition coefficient (Wildman–Crippen LogP) is 3.94. The van der Waals surface area contributed by atoms with Crippen LogP contribution in [0.15, 0.2) is 23.4 Å². The second-order valence-electron chi connectivity index (χ2n) is 8.93. The molecule has 0 spiro atoms. The smallest absolute Gasteiger partial charge is 0.395 e. The van der Waals surface area contributed by atoms with Crippen molar-refractivity contribution in [2.24, 2.45) is 40.2 Å². The first kappa shape index (κ1) is 17.8. The largest absolute Gasteiger partial charge is 0.396 e. The third kappa shape index (κ3) is 2.13. The van der Waals surface area contributed by atoms with Crippen molar-refractivity contribution in [2.75, 3.05) is 0 Å². The molecule has 0 aromatic heterocycles. The number of nitrogens with two attached hydrogens (primary N) is 1. The average molecular weight is 367 g/mol. The zero-order chi connectivity index (χ0) is 19.1. The Balaban J connectivity index is 1.85. The molecule has 6 atom stereocenters. The Kier molecular flexibility index (Phi) is 3.58. The van der Waals surface area contributed by atoms with E-state index in [9.17, 15) is 22.8 Å². The fourth-order valence-corrected chi connectivity index (χ4v) is 6.56. The molecule has 0 aromatic carbocycles. The van der Waals surface area contributed by atoms with Crippen LogP contribution < -0.4 is 5.73 Å². The van der Waals surface area contributed by atoms with Crippen molar-refractivity contribution in [1.82, 2.24) is 0 Å². The third-order valence-electron chi connectivity index (χ3n) is 7.88. The minimum atomic E-state index is -4.45.